The van der Waals surface area contributed by atoms with Crippen molar-refractivity contribution in [2.45, 2.75) is 31.3 Å². The topological polar surface area (TPSA) is 105 Å². The van der Waals surface area contributed by atoms with Crippen molar-refractivity contribution < 1.29 is 14.4 Å². The number of hydrogen-bond donors (Lipinski definition) is 3. The lowest BCUT2D eigenvalue weighted by molar-refractivity contribution is 0.0996. The largest absolute Gasteiger partial charge is 0.365 e. The second kappa shape index (κ2) is 8.46. The van der Waals surface area contributed by atoms with Gasteiger partial charge in [0, 0.05) is 33.8 Å². The van der Waals surface area contributed by atoms with Crippen molar-refractivity contribution in [1.82, 2.24) is 4.90 Å². The first kappa shape index (κ1) is 21.4. The van der Waals surface area contributed by atoms with Crippen molar-refractivity contribution in [3.8, 4) is 0 Å². The van der Waals surface area contributed by atoms with E-state index in [9.17, 15) is 14.4 Å². The molecule has 7 nitrogen and oxygen atoms in total. The Morgan fingerprint density at radius 3 is 2.36 bits per heavy atom. The van der Waals surface area contributed by atoms with E-state index in [0.717, 1.165) is 29.7 Å². The Morgan fingerprint density at radius 1 is 0.970 bits per heavy atom. The Hall–Kier alpha value is -3.49. The summed E-state index contributed by atoms with van der Waals surface area (Å²) in [5, 5.41) is 6.07. The molecule has 2 aliphatic heterocycles. The van der Waals surface area contributed by atoms with Crippen molar-refractivity contribution >= 4 is 39.7 Å². The molecule has 2 aromatic carbocycles. The number of nitrogens with one attached hydrogen (secondary N) is 2. The van der Waals surface area contributed by atoms with Crippen LogP contribution in [0.4, 0.5) is 15.5 Å². The van der Waals surface area contributed by atoms with Crippen molar-refractivity contribution in [2.75, 3.05) is 17.7 Å². The van der Waals surface area contributed by atoms with Crippen molar-refractivity contribution in [2.24, 2.45) is 5.73 Å². The quantitative estimate of drug-likeness (QED) is 0.491. The number of thiophene rings is 1. The van der Waals surface area contributed by atoms with E-state index in [4.69, 9.17) is 5.73 Å². The van der Waals surface area contributed by atoms with Gasteiger partial charge in [0.1, 0.15) is 5.00 Å². The van der Waals surface area contributed by atoms with Gasteiger partial charge in [-0.3, -0.25) is 19.8 Å². The number of nitrogens with zero attached hydrogens (tertiary/aromatic N) is 1. The Balaban J connectivity index is 1.31. The maximum absolute atomic E-state index is 12.7. The van der Waals surface area contributed by atoms with Crippen molar-refractivity contribution in [3.63, 3.8) is 0 Å². The van der Waals surface area contributed by atoms with E-state index < -0.39 is 11.9 Å². The molecule has 0 radical (unpaired) electrons. The number of primary amides is 1. The molecule has 33 heavy (non-hydrogen) atoms. The minimum atomic E-state index is -0.523. The van der Waals surface area contributed by atoms with E-state index >= 15 is 0 Å². The monoisotopic (exact) mass is 460 g/mol. The number of ketones is 1. The summed E-state index contributed by atoms with van der Waals surface area (Å²) in [4.78, 5) is 41.0. The lowest BCUT2D eigenvalue weighted by atomic mass is 9.97. The first-order valence-corrected chi connectivity index (χ1v) is 11.7. The first-order valence-electron chi connectivity index (χ1n) is 10.9. The van der Waals surface area contributed by atoms with Gasteiger partial charge in [0.2, 0.25) is 0 Å². The zero-order valence-electron chi connectivity index (χ0n) is 18.1. The van der Waals surface area contributed by atoms with Crippen LogP contribution in [0.2, 0.25) is 0 Å². The number of likely N-dealkylation sites (N-methyl/N-ethyl adjacent to an activating group) is 1. The van der Waals surface area contributed by atoms with Crippen LogP contribution in [-0.2, 0) is 6.42 Å². The Kier molecular flexibility index (Phi) is 5.47. The van der Waals surface area contributed by atoms with Gasteiger partial charge in [-0.1, -0.05) is 30.3 Å². The predicted molar refractivity (Wildman–Crippen MR) is 129 cm³/mol. The van der Waals surface area contributed by atoms with Crippen LogP contribution in [0.15, 0.2) is 54.6 Å². The second-order valence-corrected chi connectivity index (χ2v) is 9.58. The van der Waals surface area contributed by atoms with Crippen LogP contribution in [0, 0.1) is 0 Å². The highest BCUT2D eigenvalue weighted by Crippen LogP contribution is 2.49. The smallest absolute Gasteiger partial charge is 0.324 e. The third-order valence-electron chi connectivity index (χ3n) is 6.53. The summed E-state index contributed by atoms with van der Waals surface area (Å²) < 4.78 is 0. The van der Waals surface area contributed by atoms with Gasteiger partial charge >= 0.3 is 6.03 Å². The fourth-order valence-corrected chi connectivity index (χ4v) is 6.20. The van der Waals surface area contributed by atoms with Gasteiger partial charge in [-0.15, -0.1) is 11.3 Å². The molecule has 0 unspecified atom stereocenters. The standard InChI is InChI=1S/C25H24N4O3S/c1-29-17-11-12-18(29)20-19(13-17)33-24(21(20)23(26)31)28-25(32)27-16-9-7-15(8-10-16)22(30)14-5-3-2-4-6-14/h2-10,17-18H,11-13H2,1H3,(H2,26,31)(H2,27,28,32)/t17-,18+/m0/s1. The molecule has 3 aromatic rings. The molecule has 8 heteroatoms. The molecule has 3 heterocycles. The number of carbonyl (C=O) groups excluding carboxylic acids is 3. The molecule has 2 bridgehead atoms. The van der Waals surface area contributed by atoms with Gasteiger partial charge in [0.05, 0.1) is 5.56 Å². The lowest BCUT2D eigenvalue weighted by Gasteiger charge is -2.31. The molecular formula is C25H24N4O3S. The average Bonchev–Trinajstić information content (AvgIpc) is 3.28. The molecule has 1 aromatic heterocycles. The van der Waals surface area contributed by atoms with Crippen molar-refractivity contribution in [1.29, 1.82) is 0 Å². The Labute approximate surface area is 195 Å². The summed E-state index contributed by atoms with van der Waals surface area (Å²) in [7, 11) is 2.08. The molecule has 2 atom stereocenters. The van der Waals surface area contributed by atoms with E-state index in [0.29, 0.717) is 33.4 Å². The van der Waals surface area contributed by atoms with Gasteiger partial charge < -0.3 is 11.1 Å². The van der Waals surface area contributed by atoms with Gasteiger partial charge in [-0.2, -0.15) is 0 Å². The Bertz CT molecular complexity index is 1240. The zero-order valence-corrected chi connectivity index (χ0v) is 18.9. The number of rotatable bonds is 5. The zero-order chi connectivity index (χ0) is 23.1. The summed E-state index contributed by atoms with van der Waals surface area (Å²) >= 11 is 1.44. The molecule has 1 fully saturated rings. The van der Waals surface area contributed by atoms with Gasteiger partial charge in [0.15, 0.2) is 5.78 Å². The van der Waals surface area contributed by atoms with Crippen LogP contribution in [0.1, 0.15) is 55.6 Å². The summed E-state index contributed by atoms with van der Waals surface area (Å²) in [6.07, 6.45) is 2.96. The number of benzene rings is 2. The molecule has 168 valence electrons. The number of hydrogen-bond acceptors (Lipinski definition) is 5. The van der Waals surface area contributed by atoms with E-state index in [2.05, 4.69) is 22.6 Å². The molecule has 0 saturated carbocycles. The number of nitrogens with two attached hydrogens (primary N) is 1. The van der Waals surface area contributed by atoms with E-state index in [1.165, 1.54) is 11.3 Å². The van der Waals surface area contributed by atoms with Gasteiger partial charge in [0.25, 0.3) is 5.91 Å². The van der Waals surface area contributed by atoms with Crippen molar-refractivity contribution in [3.05, 3.63) is 81.7 Å². The predicted octanol–water partition coefficient (Wildman–Crippen LogP) is 4.41. The van der Waals surface area contributed by atoms with E-state index in [1.54, 1.807) is 36.4 Å². The number of amides is 3. The molecule has 1 saturated heterocycles. The average molecular weight is 461 g/mol. The molecular weight excluding hydrogens is 436 g/mol. The maximum atomic E-state index is 12.7. The van der Waals surface area contributed by atoms with Crippen LogP contribution in [0.3, 0.4) is 0 Å². The number of urea groups is 1. The van der Waals surface area contributed by atoms with Crippen LogP contribution in [0.5, 0.6) is 0 Å². The Morgan fingerprint density at radius 2 is 1.67 bits per heavy atom. The van der Waals surface area contributed by atoms with Crippen LogP contribution in [-0.4, -0.2) is 35.7 Å². The lowest BCUT2D eigenvalue weighted by Crippen LogP contribution is -2.34. The van der Waals surface area contributed by atoms with Crippen LogP contribution < -0.4 is 16.4 Å². The van der Waals surface area contributed by atoms with E-state index in [-0.39, 0.29) is 11.8 Å². The second-order valence-electron chi connectivity index (χ2n) is 8.48. The highest BCUT2D eigenvalue weighted by molar-refractivity contribution is 7.17. The number of carbonyl (C=O) groups is 3. The molecule has 2 aliphatic rings. The SMILES string of the molecule is CN1[C@H]2CC[C@@H]1c1c(sc(NC(=O)Nc3ccc(C(=O)c4ccccc4)cc3)c1C(N)=O)C2. The first-order chi connectivity index (χ1) is 15.9. The number of fused-ring (bicyclic) bond motifs is 4. The fourth-order valence-electron chi connectivity index (χ4n) is 4.87. The van der Waals surface area contributed by atoms with Gasteiger partial charge in [-0.05, 0) is 56.1 Å². The minimum absolute atomic E-state index is 0.0823. The van der Waals surface area contributed by atoms with Crippen LogP contribution >= 0.6 is 11.3 Å². The summed E-state index contributed by atoms with van der Waals surface area (Å²) in [5.74, 6) is -0.605. The summed E-state index contributed by atoms with van der Waals surface area (Å²) in [5.41, 5.74) is 8.81. The highest BCUT2D eigenvalue weighted by Gasteiger charge is 2.42. The summed E-state index contributed by atoms with van der Waals surface area (Å²) in [6.45, 7) is 0. The minimum Gasteiger partial charge on any atom is -0.365 e. The molecule has 5 rings (SSSR count). The normalized spacial score (nSPS) is 19.1. The third kappa shape index (κ3) is 3.92. The molecule has 3 amide bonds. The van der Waals surface area contributed by atoms with Crippen LogP contribution in [0.25, 0.3) is 0 Å². The molecule has 0 spiro atoms. The molecule has 4 N–H and O–H groups in total. The van der Waals surface area contributed by atoms with E-state index in [1.807, 2.05) is 18.2 Å². The highest BCUT2D eigenvalue weighted by atomic mass is 32.1. The number of anilines is 2. The third-order valence-corrected chi connectivity index (χ3v) is 7.67. The maximum Gasteiger partial charge on any atom is 0.324 e. The fraction of sp³-hybridized carbons (Fsp3) is 0.240. The molecule has 0 aliphatic carbocycles. The van der Waals surface area contributed by atoms with Gasteiger partial charge in [-0.25, -0.2) is 4.79 Å². The summed E-state index contributed by atoms with van der Waals surface area (Å²) in [6, 6.07) is 15.9.